The number of hydrogen-bond donors (Lipinski definition) is 2. The predicted octanol–water partition coefficient (Wildman–Crippen LogP) is 2.66. The van der Waals surface area contributed by atoms with E-state index >= 15 is 0 Å². The number of amides is 1. The number of carbonyl (C=O) groups excluding carboxylic acids is 3. The Morgan fingerprint density at radius 3 is 2.46 bits per heavy atom. The molecule has 2 N–H and O–H groups in total. The van der Waals surface area contributed by atoms with Crippen molar-refractivity contribution in [3.05, 3.63) is 76.1 Å². The number of carbonyl (C=O) groups is 3. The van der Waals surface area contributed by atoms with Gasteiger partial charge in [-0.1, -0.05) is 30.3 Å². The molecule has 13 heteroatoms. The summed E-state index contributed by atoms with van der Waals surface area (Å²) in [5.41, 5.74) is 0.953. The molecule has 2 saturated heterocycles. The van der Waals surface area contributed by atoms with Gasteiger partial charge >= 0.3 is 23.4 Å². The van der Waals surface area contributed by atoms with Gasteiger partial charge in [0.2, 0.25) is 5.91 Å². The van der Waals surface area contributed by atoms with Crippen LogP contribution in [0.5, 0.6) is 5.75 Å². The average Bonchev–Trinajstić information content (AvgIpc) is 3.35. The maximum atomic E-state index is 14.1. The van der Waals surface area contributed by atoms with Crippen molar-refractivity contribution in [3.8, 4) is 5.75 Å². The first-order chi connectivity index (χ1) is 21.7. The van der Waals surface area contributed by atoms with Gasteiger partial charge in [-0.25, -0.2) is 9.59 Å². The zero-order valence-electron chi connectivity index (χ0n) is 26.1. The van der Waals surface area contributed by atoms with Gasteiger partial charge in [-0.15, -0.1) is 0 Å². The first kappa shape index (κ1) is 33.1. The van der Waals surface area contributed by atoms with Crippen LogP contribution in [0.2, 0.25) is 0 Å². The van der Waals surface area contributed by atoms with Crippen LogP contribution in [0.3, 0.4) is 0 Å². The Morgan fingerprint density at radius 1 is 1.07 bits per heavy atom. The summed E-state index contributed by atoms with van der Waals surface area (Å²) >= 11 is 0. The van der Waals surface area contributed by atoms with Crippen molar-refractivity contribution in [2.24, 2.45) is 0 Å². The van der Waals surface area contributed by atoms with Crippen LogP contribution in [0.15, 0.2) is 63.8 Å². The smallest absolute Gasteiger partial charge is 0.380 e. The van der Waals surface area contributed by atoms with E-state index in [1.807, 2.05) is 6.07 Å². The van der Waals surface area contributed by atoms with E-state index in [4.69, 9.17) is 32.8 Å². The van der Waals surface area contributed by atoms with Gasteiger partial charge in [0.05, 0.1) is 19.1 Å². The van der Waals surface area contributed by atoms with Crippen LogP contribution in [-0.2, 0) is 44.7 Å². The van der Waals surface area contributed by atoms with Gasteiger partial charge in [0.1, 0.15) is 42.4 Å². The Bertz CT molecular complexity index is 1650. The molecule has 2 aliphatic rings. The van der Waals surface area contributed by atoms with Crippen LogP contribution >= 0.6 is 0 Å². The minimum Gasteiger partial charge on any atom is -0.460 e. The van der Waals surface area contributed by atoms with Gasteiger partial charge in [-0.2, -0.15) is 0 Å². The molecule has 2 aliphatic heterocycles. The number of ether oxygens (including phenoxy) is 6. The molecule has 46 heavy (non-hydrogen) atoms. The standard InChI is InChI=1S/C33H37NO12/c1-18-13-27(37)43-24-14-22(11-12-23(18)24)44-33(31(39)40-16-21-9-7-6-8-10-21)15-25(42-20(3)36)28(34-19(2)35)30(46-33)29(38)26-17-41-32(4,5)45-26/h6-14,25-26,28-30,38H,15-17H2,1-5H3,(H,34,35)/t25-,26+,28+,29+,30+,33+/m0/s1. The number of esters is 2. The second-order valence-corrected chi connectivity index (χ2v) is 11.8. The lowest BCUT2D eigenvalue weighted by atomic mass is 9.88. The normalized spacial score (nSPS) is 26.2. The summed E-state index contributed by atoms with van der Waals surface area (Å²) in [5, 5.41) is 15.0. The minimum atomic E-state index is -2.33. The summed E-state index contributed by atoms with van der Waals surface area (Å²) < 4.78 is 40.9. The predicted molar refractivity (Wildman–Crippen MR) is 160 cm³/mol. The Kier molecular flexibility index (Phi) is 9.49. The molecule has 1 amide bonds. The highest BCUT2D eigenvalue weighted by atomic mass is 16.8. The molecule has 0 radical (unpaired) electrons. The molecule has 6 atom stereocenters. The number of rotatable bonds is 9. The summed E-state index contributed by atoms with van der Waals surface area (Å²) in [6.45, 7) is 7.32. The molecular weight excluding hydrogens is 602 g/mol. The summed E-state index contributed by atoms with van der Waals surface area (Å²) in [7, 11) is 0. The van der Waals surface area contributed by atoms with E-state index in [2.05, 4.69) is 5.32 Å². The SMILES string of the molecule is CC(=O)N[C@H]1[C@H]([C@H](O)[C@H]2COC(C)(C)O2)O[C@@](Oc2ccc3c(C)cc(=O)oc3c2)(C(=O)OCc2ccccc2)C[C@@H]1OC(C)=O. The van der Waals surface area contributed by atoms with Crippen LogP contribution < -0.4 is 15.7 Å². The number of benzene rings is 2. The van der Waals surface area contributed by atoms with Crippen LogP contribution in [0.1, 0.15) is 45.2 Å². The molecule has 0 unspecified atom stereocenters. The summed E-state index contributed by atoms with van der Waals surface area (Å²) in [6, 6.07) is 13.7. The average molecular weight is 640 g/mol. The van der Waals surface area contributed by atoms with Crippen LogP contribution in [-0.4, -0.2) is 71.6 Å². The molecule has 3 heterocycles. The molecule has 2 fully saturated rings. The third-order valence-electron chi connectivity index (χ3n) is 7.72. The fourth-order valence-corrected chi connectivity index (χ4v) is 5.69. The molecular formula is C33H37NO12. The molecule has 1 aromatic heterocycles. The molecule has 0 bridgehead atoms. The van der Waals surface area contributed by atoms with Crippen molar-refractivity contribution < 1.29 is 52.3 Å². The van der Waals surface area contributed by atoms with E-state index in [0.717, 1.165) is 0 Å². The topological polar surface area (TPSA) is 169 Å². The monoisotopic (exact) mass is 639 g/mol. The second kappa shape index (κ2) is 13.2. The van der Waals surface area contributed by atoms with E-state index in [-0.39, 0.29) is 24.5 Å². The Balaban J connectivity index is 1.59. The Morgan fingerprint density at radius 2 is 1.80 bits per heavy atom. The number of aliphatic hydroxyl groups is 1. The molecule has 0 spiro atoms. The van der Waals surface area contributed by atoms with Crippen molar-refractivity contribution in [1.29, 1.82) is 0 Å². The quantitative estimate of drug-likeness (QED) is 0.260. The maximum absolute atomic E-state index is 14.1. The van der Waals surface area contributed by atoms with E-state index in [1.165, 1.54) is 26.0 Å². The van der Waals surface area contributed by atoms with Crippen molar-refractivity contribution >= 4 is 28.8 Å². The lowest BCUT2D eigenvalue weighted by Crippen LogP contribution is -2.69. The highest BCUT2D eigenvalue weighted by Gasteiger charge is 2.59. The zero-order valence-corrected chi connectivity index (χ0v) is 26.1. The first-order valence-corrected chi connectivity index (χ1v) is 14.8. The van der Waals surface area contributed by atoms with Crippen LogP contribution in [0.25, 0.3) is 11.0 Å². The van der Waals surface area contributed by atoms with Crippen molar-refractivity contribution in [2.45, 2.75) is 89.7 Å². The summed E-state index contributed by atoms with van der Waals surface area (Å²) in [4.78, 5) is 50.9. The van der Waals surface area contributed by atoms with E-state index in [9.17, 15) is 24.3 Å². The third-order valence-corrected chi connectivity index (χ3v) is 7.72. The highest BCUT2D eigenvalue weighted by molar-refractivity contribution is 5.82. The number of aliphatic hydroxyl groups excluding tert-OH is 1. The molecule has 0 saturated carbocycles. The van der Waals surface area contributed by atoms with E-state index in [1.54, 1.807) is 57.2 Å². The second-order valence-electron chi connectivity index (χ2n) is 11.8. The number of nitrogens with one attached hydrogen (secondary N) is 1. The third kappa shape index (κ3) is 7.39. The molecule has 2 aromatic carbocycles. The Labute approximate surface area is 264 Å². The molecule has 0 aliphatic carbocycles. The van der Waals surface area contributed by atoms with Crippen LogP contribution in [0.4, 0.5) is 0 Å². The lowest BCUT2D eigenvalue weighted by molar-refractivity contribution is -0.289. The highest BCUT2D eigenvalue weighted by Crippen LogP contribution is 2.39. The maximum Gasteiger partial charge on any atom is 0.380 e. The van der Waals surface area contributed by atoms with Gasteiger partial charge in [-0.05, 0) is 44.0 Å². The molecule has 13 nitrogen and oxygen atoms in total. The first-order valence-electron chi connectivity index (χ1n) is 14.8. The van der Waals surface area contributed by atoms with Crippen molar-refractivity contribution in [2.75, 3.05) is 6.61 Å². The van der Waals surface area contributed by atoms with Gasteiger partial charge in [0, 0.05) is 31.4 Å². The Hall–Kier alpha value is -4.30. The minimum absolute atomic E-state index is 0.0333. The van der Waals surface area contributed by atoms with Gasteiger partial charge in [-0.3, -0.25) is 9.59 Å². The summed E-state index contributed by atoms with van der Waals surface area (Å²) in [5.74, 6) is -5.54. The summed E-state index contributed by atoms with van der Waals surface area (Å²) in [6.07, 6.45) is -5.59. The zero-order chi connectivity index (χ0) is 33.2. The van der Waals surface area contributed by atoms with Crippen molar-refractivity contribution in [1.82, 2.24) is 5.32 Å². The molecule has 5 rings (SSSR count). The fourth-order valence-electron chi connectivity index (χ4n) is 5.69. The number of fused-ring (bicyclic) bond motifs is 1. The molecule has 246 valence electrons. The van der Waals surface area contributed by atoms with Gasteiger partial charge < -0.3 is 43.3 Å². The van der Waals surface area contributed by atoms with Crippen molar-refractivity contribution in [3.63, 3.8) is 0 Å². The van der Waals surface area contributed by atoms with E-state index < -0.39 is 71.9 Å². The fraction of sp³-hybridized carbons (Fsp3) is 0.455. The number of hydrogen-bond acceptors (Lipinski definition) is 12. The van der Waals surface area contributed by atoms with Crippen LogP contribution in [0, 0.1) is 6.92 Å². The van der Waals surface area contributed by atoms with E-state index in [0.29, 0.717) is 16.5 Å². The lowest BCUT2D eigenvalue weighted by Gasteiger charge is -2.47. The molecule has 3 aromatic rings. The number of aryl methyl sites for hydroxylation is 1. The van der Waals surface area contributed by atoms with Gasteiger partial charge in [0.15, 0.2) is 5.79 Å². The largest absolute Gasteiger partial charge is 0.460 e. The van der Waals surface area contributed by atoms with Gasteiger partial charge in [0.25, 0.3) is 0 Å².